The number of rotatable bonds is 3. The molecule has 0 bridgehead atoms. The van der Waals surface area contributed by atoms with Crippen molar-refractivity contribution in [2.45, 2.75) is 25.4 Å². The summed E-state index contributed by atoms with van der Waals surface area (Å²) in [5.41, 5.74) is 1.54. The number of aliphatic hydroxyl groups excluding tert-OH is 1. The third-order valence-electron chi connectivity index (χ3n) is 4.09. The number of aliphatic hydroxyl groups is 1. The van der Waals surface area contributed by atoms with Gasteiger partial charge in [-0.05, 0) is 36.6 Å². The fourth-order valence-corrected chi connectivity index (χ4v) is 2.77. The average Bonchev–Trinajstić information content (AvgIpc) is 2.55. The van der Waals surface area contributed by atoms with Crippen LogP contribution < -0.4 is 9.47 Å². The lowest BCUT2D eigenvalue weighted by Gasteiger charge is -2.25. The van der Waals surface area contributed by atoms with Crippen LogP contribution in [0.2, 0.25) is 0 Å². The van der Waals surface area contributed by atoms with Gasteiger partial charge in [0.1, 0.15) is 5.75 Å². The van der Waals surface area contributed by atoms with Crippen LogP contribution >= 0.6 is 0 Å². The summed E-state index contributed by atoms with van der Waals surface area (Å²) in [7, 11) is 1.57. The predicted octanol–water partition coefficient (Wildman–Crippen LogP) is 3.13. The van der Waals surface area contributed by atoms with Gasteiger partial charge in [-0.1, -0.05) is 24.3 Å². The Balaban J connectivity index is 1.94. The van der Waals surface area contributed by atoms with Crippen LogP contribution in [0.25, 0.3) is 0 Å². The van der Waals surface area contributed by atoms with Crippen LogP contribution in [0.1, 0.15) is 35.6 Å². The molecule has 0 aromatic heterocycles. The Morgan fingerprint density at radius 1 is 1.26 bits per heavy atom. The van der Waals surface area contributed by atoms with Gasteiger partial charge in [0.05, 0.1) is 19.1 Å². The van der Waals surface area contributed by atoms with E-state index in [0.717, 1.165) is 5.56 Å². The number of hydrogen-bond acceptors (Lipinski definition) is 4. The maximum atomic E-state index is 14.4. The highest BCUT2D eigenvalue weighted by atomic mass is 19.1. The van der Waals surface area contributed by atoms with Gasteiger partial charge in [-0.2, -0.15) is 0 Å². The second kappa shape index (κ2) is 6.01. The molecule has 0 saturated carbocycles. The van der Waals surface area contributed by atoms with E-state index in [-0.39, 0.29) is 11.3 Å². The van der Waals surface area contributed by atoms with E-state index in [1.807, 2.05) is 0 Å². The summed E-state index contributed by atoms with van der Waals surface area (Å²) in [6.07, 6.45) is -0.601. The normalized spacial score (nSPS) is 18.1. The Kier molecular flexibility index (Phi) is 4.05. The Hall–Kier alpha value is -2.40. The van der Waals surface area contributed by atoms with Crippen molar-refractivity contribution in [1.82, 2.24) is 0 Å². The molecule has 2 atom stereocenters. The summed E-state index contributed by atoms with van der Waals surface area (Å²) in [4.78, 5) is 12.3. The monoisotopic (exact) mass is 316 g/mol. The molecule has 1 heterocycles. The fraction of sp³-hybridized carbons (Fsp3) is 0.278. The van der Waals surface area contributed by atoms with E-state index < -0.39 is 23.8 Å². The number of fused-ring (bicyclic) bond motifs is 1. The smallest absolute Gasteiger partial charge is 0.319 e. The largest absolute Gasteiger partial charge is 0.497 e. The molecule has 0 fully saturated rings. The molecule has 0 aliphatic carbocycles. The van der Waals surface area contributed by atoms with Crippen LogP contribution in [0.3, 0.4) is 0 Å². The van der Waals surface area contributed by atoms with Crippen molar-refractivity contribution in [3.63, 3.8) is 0 Å². The highest BCUT2D eigenvalue weighted by Crippen LogP contribution is 2.37. The zero-order chi connectivity index (χ0) is 16.6. The van der Waals surface area contributed by atoms with Gasteiger partial charge in [0.25, 0.3) is 0 Å². The predicted molar refractivity (Wildman–Crippen MR) is 82.1 cm³/mol. The summed E-state index contributed by atoms with van der Waals surface area (Å²) < 4.78 is 24.7. The number of ether oxygens (including phenoxy) is 2. The quantitative estimate of drug-likeness (QED) is 0.698. The summed E-state index contributed by atoms with van der Waals surface area (Å²) >= 11 is 0. The van der Waals surface area contributed by atoms with Gasteiger partial charge in [-0.25, -0.2) is 4.39 Å². The second-order valence-electron chi connectivity index (χ2n) is 5.58. The molecule has 1 aliphatic heterocycles. The Bertz CT molecular complexity index is 737. The maximum absolute atomic E-state index is 14.4. The number of esters is 1. The molecule has 0 radical (unpaired) electrons. The average molecular weight is 316 g/mol. The number of methoxy groups -OCH3 is 1. The summed E-state index contributed by atoms with van der Waals surface area (Å²) in [6, 6.07) is 10.4. The molecule has 0 saturated heterocycles. The van der Waals surface area contributed by atoms with Crippen LogP contribution in [0.5, 0.6) is 11.5 Å². The molecule has 1 N–H and O–H groups in total. The topological polar surface area (TPSA) is 55.8 Å². The minimum Gasteiger partial charge on any atom is -0.497 e. The van der Waals surface area contributed by atoms with E-state index >= 15 is 0 Å². The van der Waals surface area contributed by atoms with E-state index in [4.69, 9.17) is 9.47 Å². The molecule has 5 heteroatoms. The molecule has 2 aromatic rings. The van der Waals surface area contributed by atoms with Gasteiger partial charge >= 0.3 is 5.97 Å². The SMILES string of the molecule is COc1ccc(C2Cc3ccc(C(C)O)c(F)c3OC2=O)cc1. The van der Waals surface area contributed by atoms with Crippen LogP contribution in [-0.4, -0.2) is 18.2 Å². The van der Waals surface area contributed by atoms with E-state index in [2.05, 4.69) is 0 Å². The summed E-state index contributed by atoms with van der Waals surface area (Å²) in [5.74, 6) is -1.02. The molecule has 120 valence electrons. The molecule has 0 spiro atoms. The van der Waals surface area contributed by atoms with Crippen LogP contribution in [0.15, 0.2) is 36.4 Å². The Morgan fingerprint density at radius 3 is 2.57 bits per heavy atom. The van der Waals surface area contributed by atoms with Crippen LogP contribution in [0, 0.1) is 5.82 Å². The van der Waals surface area contributed by atoms with Crippen molar-refractivity contribution in [2.24, 2.45) is 0 Å². The van der Waals surface area contributed by atoms with Crippen molar-refractivity contribution in [1.29, 1.82) is 0 Å². The lowest BCUT2D eigenvalue weighted by Crippen LogP contribution is -2.27. The van der Waals surface area contributed by atoms with Gasteiger partial charge in [0.15, 0.2) is 11.6 Å². The first-order valence-electron chi connectivity index (χ1n) is 7.36. The highest BCUT2D eigenvalue weighted by Gasteiger charge is 2.32. The highest BCUT2D eigenvalue weighted by molar-refractivity contribution is 5.83. The Labute approximate surface area is 133 Å². The first-order valence-corrected chi connectivity index (χ1v) is 7.36. The molecule has 3 rings (SSSR count). The lowest BCUT2D eigenvalue weighted by atomic mass is 9.88. The standard InChI is InChI=1S/C18H17FO4/c1-10(20)14-8-5-12-9-15(18(21)23-17(12)16(14)19)11-3-6-13(22-2)7-4-11/h3-8,10,15,20H,9H2,1-2H3. The van der Waals surface area contributed by atoms with E-state index in [0.29, 0.717) is 17.7 Å². The van der Waals surface area contributed by atoms with Gasteiger partial charge < -0.3 is 14.6 Å². The molecule has 2 aromatic carbocycles. The molecule has 4 nitrogen and oxygen atoms in total. The maximum Gasteiger partial charge on any atom is 0.319 e. The van der Waals surface area contributed by atoms with E-state index in [1.54, 1.807) is 37.4 Å². The zero-order valence-electron chi connectivity index (χ0n) is 12.9. The first-order chi connectivity index (χ1) is 11.0. The van der Waals surface area contributed by atoms with Crippen molar-refractivity contribution in [3.05, 3.63) is 58.9 Å². The summed E-state index contributed by atoms with van der Waals surface area (Å²) in [5, 5.41) is 9.56. The third kappa shape index (κ3) is 2.80. The number of carbonyl (C=O) groups excluding carboxylic acids is 1. The van der Waals surface area contributed by atoms with E-state index in [1.165, 1.54) is 13.0 Å². The second-order valence-corrected chi connectivity index (χ2v) is 5.58. The van der Waals surface area contributed by atoms with E-state index in [9.17, 15) is 14.3 Å². The minimum atomic E-state index is -0.960. The minimum absolute atomic E-state index is 0.0711. The van der Waals surface area contributed by atoms with Crippen molar-refractivity contribution < 1.29 is 23.8 Å². The van der Waals surface area contributed by atoms with Crippen molar-refractivity contribution in [2.75, 3.05) is 7.11 Å². The lowest BCUT2D eigenvalue weighted by molar-refractivity contribution is -0.137. The van der Waals surface area contributed by atoms with Crippen molar-refractivity contribution >= 4 is 5.97 Å². The zero-order valence-corrected chi connectivity index (χ0v) is 12.9. The number of benzene rings is 2. The molecular weight excluding hydrogens is 299 g/mol. The van der Waals surface area contributed by atoms with Gasteiger partial charge in [-0.15, -0.1) is 0 Å². The third-order valence-corrected chi connectivity index (χ3v) is 4.09. The number of carbonyl (C=O) groups is 1. The number of hydrogen-bond donors (Lipinski definition) is 1. The van der Waals surface area contributed by atoms with Gasteiger partial charge in [-0.3, -0.25) is 4.79 Å². The Morgan fingerprint density at radius 2 is 1.96 bits per heavy atom. The molecule has 0 amide bonds. The summed E-state index contributed by atoms with van der Waals surface area (Å²) in [6.45, 7) is 1.47. The number of halogens is 1. The molecule has 23 heavy (non-hydrogen) atoms. The van der Waals surface area contributed by atoms with Crippen LogP contribution in [0.4, 0.5) is 4.39 Å². The first kappa shape index (κ1) is 15.5. The van der Waals surface area contributed by atoms with Gasteiger partial charge in [0, 0.05) is 5.56 Å². The molecule has 2 unspecified atom stereocenters. The van der Waals surface area contributed by atoms with Crippen LogP contribution in [-0.2, 0) is 11.2 Å². The van der Waals surface area contributed by atoms with Gasteiger partial charge in [0.2, 0.25) is 0 Å². The molecular formula is C18H17FO4. The fourth-order valence-electron chi connectivity index (χ4n) is 2.77. The van der Waals surface area contributed by atoms with Crippen molar-refractivity contribution in [3.8, 4) is 11.5 Å². The molecule has 1 aliphatic rings.